The van der Waals surface area contributed by atoms with Crippen LogP contribution in [0.4, 0.5) is 10.2 Å². The summed E-state index contributed by atoms with van der Waals surface area (Å²) in [4.78, 5) is 34.1. The van der Waals surface area contributed by atoms with Gasteiger partial charge in [-0.3, -0.25) is 14.6 Å². The Labute approximate surface area is 221 Å². The topological polar surface area (TPSA) is 110 Å². The molecule has 38 heavy (non-hydrogen) atoms. The van der Waals surface area contributed by atoms with E-state index in [1.807, 2.05) is 12.1 Å². The lowest BCUT2D eigenvalue weighted by molar-refractivity contribution is -0.121. The van der Waals surface area contributed by atoms with Crippen LogP contribution in [0.3, 0.4) is 0 Å². The maximum absolute atomic E-state index is 13.8. The number of benzene rings is 2. The molecule has 0 atom stereocenters. The monoisotopic (exact) mass is 531 g/mol. The second kappa shape index (κ2) is 9.21. The fraction of sp³-hybridized carbons (Fsp3) is 0.222. The van der Waals surface area contributed by atoms with Crippen LogP contribution in [0.2, 0.25) is 5.02 Å². The molecular formula is C27H23ClFN7O2. The van der Waals surface area contributed by atoms with E-state index in [1.54, 1.807) is 37.3 Å². The number of carbonyl (C=O) groups excluding carboxylic acids is 1. The zero-order valence-electron chi connectivity index (χ0n) is 20.4. The number of fused-ring (bicyclic) bond motifs is 1. The van der Waals surface area contributed by atoms with Crippen LogP contribution in [0.25, 0.3) is 22.7 Å². The Morgan fingerprint density at radius 3 is 2.50 bits per heavy atom. The fourth-order valence-electron chi connectivity index (χ4n) is 5.16. The SMILES string of the molecule is Cc1cc(NC(=O)C2(c3ccc(Cl)cc3)CCCC2)n(-c2nc3c(cnn3-c3ccc(F)cc3)c(=O)[nH]2)n1. The van der Waals surface area contributed by atoms with Gasteiger partial charge in [0.15, 0.2) is 5.65 Å². The van der Waals surface area contributed by atoms with Crippen LogP contribution in [0.1, 0.15) is 36.9 Å². The lowest BCUT2D eigenvalue weighted by atomic mass is 9.78. The molecule has 0 bridgehead atoms. The summed E-state index contributed by atoms with van der Waals surface area (Å²) in [6.45, 7) is 1.79. The predicted molar refractivity (Wildman–Crippen MR) is 142 cm³/mol. The van der Waals surface area contributed by atoms with E-state index in [0.717, 1.165) is 18.4 Å². The van der Waals surface area contributed by atoms with Gasteiger partial charge in [-0.25, -0.2) is 9.07 Å². The normalized spacial score (nSPS) is 14.7. The van der Waals surface area contributed by atoms with Crippen LogP contribution in [0.5, 0.6) is 0 Å². The highest BCUT2D eigenvalue weighted by Crippen LogP contribution is 2.42. The molecule has 0 aliphatic heterocycles. The van der Waals surface area contributed by atoms with Crippen molar-refractivity contribution < 1.29 is 9.18 Å². The molecule has 6 rings (SSSR count). The van der Waals surface area contributed by atoms with Crippen LogP contribution >= 0.6 is 11.6 Å². The van der Waals surface area contributed by atoms with E-state index >= 15 is 0 Å². The quantitative estimate of drug-likeness (QED) is 0.337. The van der Waals surface area contributed by atoms with Crippen molar-refractivity contribution in [3.8, 4) is 11.6 Å². The van der Waals surface area contributed by atoms with Crippen LogP contribution in [-0.4, -0.2) is 35.4 Å². The molecule has 2 aromatic carbocycles. The van der Waals surface area contributed by atoms with Gasteiger partial charge in [-0.2, -0.15) is 19.9 Å². The summed E-state index contributed by atoms with van der Waals surface area (Å²) in [7, 11) is 0. The van der Waals surface area contributed by atoms with Crippen LogP contribution < -0.4 is 10.9 Å². The third kappa shape index (κ3) is 4.06. The Hall–Kier alpha value is -4.31. The summed E-state index contributed by atoms with van der Waals surface area (Å²) in [6.07, 6.45) is 4.71. The van der Waals surface area contributed by atoms with Gasteiger partial charge in [-0.15, -0.1) is 0 Å². The van der Waals surface area contributed by atoms with Crippen molar-refractivity contribution in [2.75, 3.05) is 5.32 Å². The molecule has 2 N–H and O–H groups in total. The summed E-state index contributed by atoms with van der Waals surface area (Å²) in [5, 5.41) is 12.7. The van der Waals surface area contributed by atoms with Gasteiger partial charge in [-0.05, 0) is 61.7 Å². The Bertz CT molecular complexity index is 1720. The average Bonchev–Trinajstić information content (AvgIpc) is 3.64. The van der Waals surface area contributed by atoms with Crippen LogP contribution in [-0.2, 0) is 10.2 Å². The molecule has 1 saturated carbocycles. The van der Waals surface area contributed by atoms with Gasteiger partial charge in [-0.1, -0.05) is 36.6 Å². The number of aromatic nitrogens is 6. The van der Waals surface area contributed by atoms with Crippen molar-refractivity contribution in [3.05, 3.63) is 93.2 Å². The first kappa shape index (κ1) is 24.1. The van der Waals surface area contributed by atoms with Gasteiger partial charge < -0.3 is 5.32 Å². The molecule has 1 fully saturated rings. The molecule has 3 aromatic heterocycles. The fourth-order valence-corrected chi connectivity index (χ4v) is 5.28. The van der Waals surface area contributed by atoms with Crippen molar-refractivity contribution in [2.24, 2.45) is 0 Å². The molecule has 1 aliphatic carbocycles. The number of nitrogens with zero attached hydrogens (tertiary/aromatic N) is 5. The average molecular weight is 532 g/mol. The molecule has 1 amide bonds. The second-order valence-electron chi connectivity index (χ2n) is 9.49. The summed E-state index contributed by atoms with van der Waals surface area (Å²) < 4.78 is 16.3. The molecule has 9 nitrogen and oxygen atoms in total. The number of hydrogen-bond acceptors (Lipinski definition) is 5. The number of carbonyl (C=O) groups is 1. The minimum Gasteiger partial charge on any atom is -0.310 e. The number of rotatable bonds is 5. The van der Waals surface area contributed by atoms with Gasteiger partial charge in [0.25, 0.3) is 5.56 Å². The third-order valence-corrected chi connectivity index (χ3v) is 7.31. The Kier molecular flexibility index (Phi) is 5.83. The maximum Gasteiger partial charge on any atom is 0.263 e. The largest absolute Gasteiger partial charge is 0.310 e. The molecule has 5 aromatic rings. The number of anilines is 1. The molecular weight excluding hydrogens is 509 g/mol. The highest BCUT2D eigenvalue weighted by molar-refractivity contribution is 6.30. The molecule has 3 heterocycles. The van der Waals surface area contributed by atoms with Gasteiger partial charge in [0, 0.05) is 11.1 Å². The molecule has 11 heteroatoms. The first-order valence-corrected chi connectivity index (χ1v) is 12.6. The van der Waals surface area contributed by atoms with Crippen molar-refractivity contribution in [1.29, 1.82) is 0 Å². The molecule has 1 aliphatic rings. The number of H-pyrrole nitrogens is 1. The number of aryl methyl sites for hydroxylation is 1. The lowest BCUT2D eigenvalue weighted by Crippen LogP contribution is -2.38. The van der Waals surface area contributed by atoms with Gasteiger partial charge in [0.1, 0.15) is 17.0 Å². The number of amides is 1. The number of aromatic amines is 1. The standard InChI is InChI=1S/C27H23ClFN7O2/c1-16-14-22(31-25(38)27(12-2-3-13-27)17-4-6-18(28)7-5-17)36(34-16)26-32-23-21(24(37)33-26)15-30-35(23)20-10-8-19(29)9-11-20/h4-11,14-15H,2-3,12-13H2,1H3,(H,31,38)(H,32,33,37). The molecule has 0 spiro atoms. The Morgan fingerprint density at radius 1 is 1.08 bits per heavy atom. The predicted octanol–water partition coefficient (Wildman–Crippen LogP) is 4.85. The van der Waals surface area contributed by atoms with Gasteiger partial charge in [0.05, 0.1) is 23.0 Å². The van der Waals surface area contributed by atoms with Crippen molar-refractivity contribution >= 4 is 34.4 Å². The minimum absolute atomic E-state index is 0.113. The van der Waals surface area contributed by atoms with E-state index in [4.69, 9.17) is 11.6 Å². The Morgan fingerprint density at radius 2 is 1.79 bits per heavy atom. The number of nitrogens with one attached hydrogen (secondary N) is 2. The van der Waals surface area contributed by atoms with E-state index in [-0.39, 0.29) is 28.7 Å². The first-order chi connectivity index (χ1) is 18.3. The molecule has 192 valence electrons. The summed E-state index contributed by atoms with van der Waals surface area (Å²) in [6, 6.07) is 14.8. The Balaban J connectivity index is 1.40. The van der Waals surface area contributed by atoms with Crippen molar-refractivity contribution in [2.45, 2.75) is 38.0 Å². The molecule has 0 unspecified atom stereocenters. The third-order valence-electron chi connectivity index (χ3n) is 7.06. The zero-order chi connectivity index (χ0) is 26.4. The summed E-state index contributed by atoms with van der Waals surface area (Å²) >= 11 is 6.10. The van der Waals surface area contributed by atoms with E-state index in [0.29, 0.717) is 35.1 Å². The van der Waals surface area contributed by atoms with E-state index in [9.17, 15) is 14.0 Å². The lowest BCUT2D eigenvalue weighted by Gasteiger charge is -2.28. The molecule has 0 saturated heterocycles. The number of hydrogen-bond donors (Lipinski definition) is 2. The second-order valence-corrected chi connectivity index (χ2v) is 9.93. The van der Waals surface area contributed by atoms with Crippen LogP contribution in [0.15, 0.2) is 65.6 Å². The van der Waals surface area contributed by atoms with Crippen molar-refractivity contribution in [1.82, 2.24) is 29.5 Å². The van der Waals surface area contributed by atoms with E-state index in [1.165, 1.54) is 27.7 Å². The minimum atomic E-state index is -0.695. The smallest absolute Gasteiger partial charge is 0.263 e. The first-order valence-electron chi connectivity index (χ1n) is 12.2. The highest BCUT2D eigenvalue weighted by atomic mass is 35.5. The van der Waals surface area contributed by atoms with E-state index < -0.39 is 11.0 Å². The summed E-state index contributed by atoms with van der Waals surface area (Å²) in [5.74, 6) is -0.0502. The molecule has 0 radical (unpaired) electrons. The maximum atomic E-state index is 13.8. The number of halogens is 2. The van der Waals surface area contributed by atoms with Crippen LogP contribution in [0, 0.1) is 12.7 Å². The van der Waals surface area contributed by atoms with Gasteiger partial charge in [0.2, 0.25) is 11.9 Å². The zero-order valence-corrected chi connectivity index (χ0v) is 21.2. The van der Waals surface area contributed by atoms with E-state index in [2.05, 4.69) is 25.5 Å². The highest BCUT2D eigenvalue weighted by Gasteiger charge is 2.43. The van der Waals surface area contributed by atoms with Crippen molar-refractivity contribution in [3.63, 3.8) is 0 Å². The van der Waals surface area contributed by atoms with Gasteiger partial charge >= 0.3 is 0 Å². The summed E-state index contributed by atoms with van der Waals surface area (Å²) in [5.41, 5.74) is 1.24.